The van der Waals surface area contributed by atoms with Crippen molar-refractivity contribution in [3.63, 3.8) is 0 Å². The standard InChI is InChI=1S/C12H17Cl2FN2O/c1-18-7-9(3-2-4-16)17-12-10(13)5-8(15)6-11(12)14/h5-6,9,17H,2-4,7,16H2,1H3. The maximum Gasteiger partial charge on any atom is 0.126 e. The molecule has 3 N–H and O–H groups in total. The Morgan fingerprint density at radius 2 is 2.00 bits per heavy atom. The molecule has 18 heavy (non-hydrogen) atoms. The summed E-state index contributed by atoms with van der Waals surface area (Å²) in [6.07, 6.45) is 1.69. The smallest absolute Gasteiger partial charge is 0.126 e. The van der Waals surface area contributed by atoms with Gasteiger partial charge in [-0.05, 0) is 31.5 Å². The minimum absolute atomic E-state index is 0.0408. The maximum absolute atomic E-state index is 13.1. The molecule has 0 aliphatic carbocycles. The largest absolute Gasteiger partial charge is 0.383 e. The van der Waals surface area contributed by atoms with Crippen molar-refractivity contribution < 1.29 is 9.13 Å². The van der Waals surface area contributed by atoms with Gasteiger partial charge >= 0.3 is 0 Å². The molecule has 1 aromatic carbocycles. The monoisotopic (exact) mass is 294 g/mol. The van der Waals surface area contributed by atoms with Crippen LogP contribution in [0.1, 0.15) is 12.8 Å². The lowest BCUT2D eigenvalue weighted by atomic mass is 10.1. The van der Waals surface area contributed by atoms with E-state index in [1.165, 1.54) is 12.1 Å². The first-order chi connectivity index (χ1) is 8.58. The van der Waals surface area contributed by atoms with Crippen molar-refractivity contribution >= 4 is 28.9 Å². The van der Waals surface area contributed by atoms with E-state index in [9.17, 15) is 4.39 Å². The van der Waals surface area contributed by atoms with Crippen molar-refractivity contribution in [2.75, 3.05) is 25.6 Å². The zero-order valence-corrected chi connectivity index (χ0v) is 11.7. The quantitative estimate of drug-likeness (QED) is 0.811. The van der Waals surface area contributed by atoms with Crippen LogP contribution in [0.5, 0.6) is 0 Å². The van der Waals surface area contributed by atoms with E-state index in [0.29, 0.717) is 18.8 Å². The molecule has 0 radical (unpaired) electrons. The van der Waals surface area contributed by atoms with E-state index in [1.807, 2.05) is 0 Å². The summed E-state index contributed by atoms with van der Waals surface area (Å²) in [5.74, 6) is -0.458. The first-order valence-corrected chi connectivity index (χ1v) is 6.44. The first kappa shape index (κ1) is 15.5. The van der Waals surface area contributed by atoms with Gasteiger partial charge in [-0.25, -0.2) is 4.39 Å². The number of nitrogens with one attached hydrogen (secondary N) is 1. The van der Waals surface area contributed by atoms with Crippen LogP contribution in [0, 0.1) is 5.82 Å². The molecule has 1 aromatic rings. The number of hydrogen-bond donors (Lipinski definition) is 2. The molecule has 0 aromatic heterocycles. The predicted octanol–water partition coefficient (Wildman–Crippen LogP) is 3.30. The van der Waals surface area contributed by atoms with Crippen molar-refractivity contribution in [3.05, 3.63) is 28.0 Å². The zero-order chi connectivity index (χ0) is 13.5. The first-order valence-electron chi connectivity index (χ1n) is 5.68. The van der Waals surface area contributed by atoms with Crippen LogP contribution in [-0.2, 0) is 4.74 Å². The number of ether oxygens (including phenoxy) is 1. The van der Waals surface area contributed by atoms with Crippen LogP contribution in [0.2, 0.25) is 10.0 Å². The van der Waals surface area contributed by atoms with E-state index in [0.717, 1.165) is 12.8 Å². The zero-order valence-electron chi connectivity index (χ0n) is 10.2. The van der Waals surface area contributed by atoms with Gasteiger partial charge in [0.1, 0.15) is 5.82 Å². The second-order valence-corrected chi connectivity index (χ2v) is 4.79. The fourth-order valence-electron chi connectivity index (χ4n) is 1.65. The van der Waals surface area contributed by atoms with Crippen molar-refractivity contribution in [3.8, 4) is 0 Å². The molecule has 0 heterocycles. The minimum atomic E-state index is -0.458. The topological polar surface area (TPSA) is 47.3 Å². The van der Waals surface area contributed by atoms with Crippen LogP contribution in [-0.4, -0.2) is 26.3 Å². The van der Waals surface area contributed by atoms with E-state index >= 15 is 0 Å². The molecule has 3 nitrogen and oxygen atoms in total. The lowest BCUT2D eigenvalue weighted by Crippen LogP contribution is -2.26. The summed E-state index contributed by atoms with van der Waals surface area (Å²) in [5, 5.41) is 3.68. The Kier molecular flexibility index (Phi) is 6.71. The van der Waals surface area contributed by atoms with E-state index in [2.05, 4.69) is 5.32 Å². The van der Waals surface area contributed by atoms with Crippen molar-refractivity contribution in [1.82, 2.24) is 0 Å². The molecule has 0 aliphatic heterocycles. The Labute approximate surface area is 116 Å². The van der Waals surface area contributed by atoms with E-state index in [-0.39, 0.29) is 16.1 Å². The van der Waals surface area contributed by atoms with Gasteiger partial charge in [-0.1, -0.05) is 23.2 Å². The van der Waals surface area contributed by atoms with Crippen molar-refractivity contribution in [1.29, 1.82) is 0 Å². The second-order valence-electron chi connectivity index (χ2n) is 3.97. The molecule has 0 fully saturated rings. The number of benzene rings is 1. The molecule has 0 amide bonds. The Morgan fingerprint density at radius 1 is 1.39 bits per heavy atom. The van der Waals surface area contributed by atoms with Crippen LogP contribution in [0.25, 0.3) is 0 Å². The molecule has 0 bridgehead atoms. The second kappa shape index (κ2) is 7.79. The van der Waals surface area contributed by atoms with Gasteiger partial charge < -0.3 is 15.8 Å². The summed E-state index contributed by atoms with van der Waals surface area (Å²) < 4.78 is 18.2. The maximum atomic E-state index is 13.1. The Hall–Kier alpha value is -0.550. The Bertz CT molecular complexity index is 367. The van der Waals surface area contributed by atoms with Crippen LogP contribution in [0.3, 0.4) is 0 Å². The van der Waals surface area contributed by atoms with Crippen LogP contribution < -0.4 is 11.1 Å². The molecule has 0 spiro atoms. The third kappa shape index (κ3) is 4.61. The van der Waals surface area contributed by atoms with Crippen molar-refractivity contribution in [2.24, 2.45) is 5.73 Å². The average molecular weight is 295 g/mol. The van der Waals surface area contributed by atoms with Gasteiger partial charge in [-0.2, -0.15) is 0 Å². The normalized spacial score (nSPS) is 12.5. The third-order valence-electron chi connectivity index (χ3n) is 2.48. The number of hydrogen-bond acceptors (Lipinski definition) is 3. The summed E-state index contributed by atoms with van der Waals surface area (Å²) in [7, 11) is 1.62. The molecule has 102 valence electrons. The highest BCUT2D eigenvalue weighted by molar-refractivity contribution is 6.39. The summed E-state index contributed by atoms with van der Waals surface area (Å²) >= 11 is 11.9. The van der Waals surface area contributed by atoms with Gasteiger partial charge in [0.05, 0.1) is 22.3 Å². The number of halogens is 3. The minimum Gasteiger partial charge on any atom is -0.383 e. The van der Waals surface area contributed by atoms with Gasteiger partial charge in [-0.3, -0.25) is 0 Å². The molecule has 1 rings (SSSR count). The van der Waals surface area contributed by atoms with Gasteiger partial charge in [-0.15, -0.1) is 0 Å². The lowest BCUT2D eigenvalue weighted by molar-refractivity contribution is 0.182. The van der Waals surface area contributed by atoms with Crippen LogP contribution in [0.4, 0.5) is 10.1 Å². The van der Waals surface area contributed by atoms with Gasteiger partial charge in [0.15, 0.2) is 0 Å². The Morgan fingerprint density at radius 3 is 2.50 bits per heavy atom. The molecule has 1 unspecified atom stereocenters. The molecule has 1 atom stereocenters. The van der Waals surface area contributed by atoms with Crippen molar-refractivity contribution in [2.45, 2.75) is 18.9 Å². The number of anilines is 1. The number of rotatable bonds is 7. The van der Waals surface area contributed by atoms with E-state index < -0.39 is 5.82 Å². The van der Waals surface area contributed by atoms with Crippen LogP contribution >= 0.6 is 23.2 Å². The Balaban J connectivity index is 2.79. The molecular formula is C12H17Cl2FN2O. The predicted molar refractivity (Wildman–Crippen MR) is 74.0 cm³/mol. The van der Waals surface area contributed by atoms with Gasteiger partial charge in [0.2, 0.25) is 0 Å². The van der Waals surface area contributed by atoms with Gasteiger partial charge in [0.25, 0.3) is 0 Å². The lowest BCUT2D eigenvalue weighted by Gasteiger charge is -2.20. The van der Waals surface area contributed by atoms with Crippen LogP contribution in [0.15, 0.2) is 12.1 Å². The van der Waals surface area contributed by atoms with Gasteiger partial charge in [0, 0.05) is 13.2 Å². The SMILES string of the molecule is COCC(CCCN)Nc1c(Cl)cc(F)cc1Cl. The molecule has 0 aliphatic rings. The van der Waals surface area contributed by atoms with E-state index in [4.69, 9.17) is 33.7 Å². The van der Waals surface area contributed by atoms with E-state index in [1.54, 1.807) is 7.11 Å². The molecule has 6 heteroatoms. The summed E-state index contributed by atoms with van der Waals surface area (Å²) in [6, 6.07) is 2.49. The average Bonchev–Trinajstić information content (AvgIpc) is 2.30. The number of methoxy groups -OCH3 is 1. The third-order valence-corrected chi connectivity index (χ3v) is 3.08. The molecule has 0 saturated carbocycles. The highest BCUT2D eigenvalue weighted by atomic mass is 35.5. The summed E-state index contributed by atoms with van der Waals surface area (Å²) in [4.78, 5) is 0. The summed E-state index contributed by atoms with van der Waals surface area (Å²) in [5.41, 5.74) is 6.00. The summed E-state index contributed by atoms with van der Waals surface area (Å²) in [6.45, 7) is 1.11. The highest BCUT2D eigenvalue weighted by Gasteiger charge is 2.14. The molecular weight excluding hydrogens is 278 g/mol. The fourth-order valence-corrected chi connectivity index (χ4v) is 2.22. The molecule has 0 saturated heterocycles. The number of nitrogens with two attached hydrogens (primary N) is 1. The highest BCUT2D eigenvalue weighted by Crippen LogP contribution is 2.32. The fraction of sp³-hybridized carbons (Fsp3) is 0.500.